The Hall–Kier alpha value is -1.31. The second-order valence-electron chi connectivity index (χ2n) is 4.58. The SMILES string of the molecule is CC(=O)N[C@H](C)c1cc(C)c(C)c(C)c1C. The average molecular weight is 219 g/mol. The first-order valence-corrected chi connectivity index (χ1v) is 5.69. The molecule has 0 aliphatic heterocycles. The summed E-state index contributed by atoms with van der Waals surface area (Å²) in [6.07, 6.45) is 0. The predicted molar refractivity (Wildman–Crippen MR) is 67.6 cm³/mol. The Kier molecular flexibility index (Phi) is 3.74. The molecular weight excluding hydrogens is 198 g/mol. The minimum Gasteiger partial charge on any atom is -0.350 e. The van der Waals surface area contributed by atoms with E-state index in [-0.39, 0.29) is 11.9 Å². The van der Waals surface area contributed by atoms with Crippen LogP contribution in [0.4, 0.5) is 0 Å². The lowest BCUT2D eigenvalue weighted by molar-refractivity contribution is -0.119. The zero-order valence-electron chi connectivity index (χ0n) is 11.1. The van der Waals surface area contributed by atoms with Crippen molar-refractivity contribution in [2.75, 3.05) is 0 Å². The maximum Gasteiger partial charge on any atom is 0.217 e. The quantitative estimate of drug-likeness (QED) is 0.813. The molecule has 0 saturated carbocycles. The van der Waals surface area contributed by atoms with Crippen LogP contribution in [0.2, 0.25) is 0 Å². The van der Waals surface area contributed by atoms with Gasteiger partial charge in [0, 0.05) is 6.92 Å². The van der Waals surface area contributed by atoms with Crippen LogP contribution in [-0.2, 0) is 4.79 Å². The Morgan fingerprint density at radius 2 is 1.69 bits per heavy atom. The third kappa shape index (κ3) is 2.43. The van der Waals surface area contributed by atoms with Gasteiger partial charge in [-0.05, 0) is 62.4 Å². The van der Waals surface area contributed by atoms with Crippen molar-refractivity contribution in [3.8, 4) is 0 Å². The second-order valence-corrected chi connectivity index (χ2v) is 4.58. The summed E-state index contributed by atoms with van der Waals surface area (Å²) in [5, 5.41) is 2.93. The Balaban J connectivity index is 3.19. The van der Waals surface area contributed by atoms with Gasteiger partial charge in [0.15, 0.2) is 0 Å². The van der Waals surface area contributed by atoms with E-state index in [1.54, 1.807) is 6.92 Å². The molecule has 0 fully saturated rings. The zero-order chi connectivity index (χ0) is 12.5. The van der Waals surface area contributed by atoms with Crippen molar-refractivity contribution in [1.82, 2.24) is 5.32 Å². The number of benzene rings is 1. The fourth-order valence-corrected chi connectivity index (χ4v) is 2.08. The predicted octanol–water partition coefficient (Wildman–Crippen LogP) is 3.12. The highest BCUT2D eigenvalue weighted by Crippen LogP contribution is 2.25. The highest BCUT2D eigenvalue weighted by Gasteiger charge is 2.13. The summed E-state index contributed by atoms with van der Waals surface area (Å²) in [7, 11) is 0. The molecule has 1 atom stereocenters. The maximum atomic E-state index is 11.1. The fraction of sp³-hybridized carbons (Fsp3) is 0.500. The Morgan fingerprint density at radius 3 is 2.19 bits per heavy atom. The van der Waals surface area contributed by atoms with Crippen molar-refractivity contribution < 1.29 is 4.79 Å². The van der Waals surface area contributed by atoms with E-state index in [1.807, 2.05) is 6.92 Å². The van der Waals surface area contributed by atoms with Crippen molar-refractivity contribution in [3.05, 3.63) is 33.9 Å². The molecule has 0 aliphatic carbocycles. The van der Waals surface area contributed by atoms with E-state index in [1.165, 1.54) is 27.8 Å². The number of nitrogens with one attached hydrogen (secondary N) is 1. The summed E-state index contributed by atoms with van der Waals surface area (Å²) >= 11 is 0. The number of amides is 1. The molecule has 1 N–H and O–H groups in total. The summed E-state index contributed by atoms with van der Waals surface area (Å²) in [5.74, 6) is 0.0165. The van der Waals surface area contributed by atoms with Crippen LogP contribution in [0, 0.1) is 27.7 Å². The number of hydrogen-bond acceptors (Lipinski definition) is 1. The molecule has 16 heavy (non-hydrogen) atoms. The van der Waals surface area contributed by atoms with Crippen LogP contribution in [0.1, 0.15) is 47.7 Å². The average Bonchev–Trinajstić information content (AvgIpc) is 2.19. The van der Waals surface area contributed by atoms with E-state index in [9.17, 15) is 4.79 Å². The first-order chi connectivity index (χ1) is 7.34. The number of carbonyl (C=O) groups is 1. The molecule has 1 amide bonds. The van der Waals surface area contributed by atoms with Crippen molar-refractivity contribution >= 4 is 5.91 Å². The van der Waals surface area contributed by atoms with Crippen LogP contribution < -0.4 is 5.32 Å². The van der Waals surface area contributed by atoms with Crippen LogP contribution >= 0.6 is 0 Å². The lowest BCUT2D eigenvalue weighted by Crippen LogP contribution is -2.24. The van der Waals surface area contributed by atoms with Gasteiger partial charge in [-0.1, -0.05) is 6.07 Å². The van der Waals surface area contributed by atoms with E-state index in [0.29, 0.717) is 0 Å². The van der Waals surface area contributed by atoms with Gasteiger partial charge in [0.25, 0.3) is 0 Å². The highest BCUT2D eigenvalue weighted by atomic mass is 16.1. The van der Waals surface area contributed by atoms with Gasteiger partial charge in [-0.2, -0.15) is 0 Å². The molecule has 2 nitrogen and oxygen atoms in total. The summed E-state index contributed by atoms with van der Waals surface area (Å²) < 4.78 is 0. The van der Waals surface area contributed by atoms with E-state index in [4.69, 9.17) is 0 Å². The van der Waals surface area contributed by atoms with Gasteiger partial charge in [0.1, 0.15) is 0 Å². The van der Waals surface area contributed by atoms with Crippen molar-refractivity contribution in [1.29, 1.82) is 0 Å². The van der Waals surface area contributed by atoms with Crippen molar-refractivity contribution in [3.63, 3.8) is 0 Å². The summed E-state index contributed by atoms with van der Waals surface area (Å²) in [5.41, 5.74) is 6.46. The molecule has 1 aromatic rings. The highest BCUT2D eigenvalue weighted by molar-refractivity contribution is 5.73. The summed E-state index contributed by atoms with van der Waals surface area (Å²) in [4.78, 5) is 11.1. The Labute approximate surface area is 98.1 Å². The normalized spacial score (nSPS) is 12.4. The van der Waals surface area contributed by atoms with Crippen molar-refractivity contribution in [2.24, 2.45) is 0 Å². The van der Waals surface area contributed by atoms with Crippen molar-refractivity contribution in [2.45, 2.75) is 47.6 Å². The van der Waals surface area contributed by atoms with Gasteiger partial charge >= 0.3 is 0 Å². The first kappa shape index (κ1) is 12.8. The van der Waals surface area contributed by atoms with Crippen LogP contribution in [0.3, 0.4) is 0 Å². The topological polar surface area (TPSA) is 29.1 Å². The first-order valence-electron chi connectivity index (χ1n) is 5.69. The van der Waals surface area contributed by atoms with Gasteiger partial charge in [0.2, 0.25) is 5.91 Å². The number of carbonyl (C=O) groups excluding carboxylic acids is 1. The number of hydrogen-bond donors (Lipinski definition) is 1. The monoisotopic (exact) mass is 219 g/mol. The van der Waals surface area contributed by atoms with Gasteiger partial charge in [0.05, 0.1) is 6.04 Å². The van der Waals surface area contributed by atoms with E-state index in [2.05, 4.69) is 39.1 Å². The van der Waals surface area contributed by atoms with E-state index < -0.39 is 0 Å². The molecule has 0 aliphatic rings. The lowest BCUT2D eigenvalue weighted by Gasteiger charge is -2.20. The smallest absolute Gasteiger partial charge is 0.217 e. The van der Waals surface area contributed by atoms with E-state index in [0.717, 1.165) is 0 Å². The largest absolute Gasteiger partial charge is 0.350 e. The molecule has 0 saturated heterocycles. The Morgan fingerprint density at radius 1 is 1.12 bits per heavy atom. The minimum absolute atomic E-state index is 0.0165. The Bertz CT molecular complexity index is 421. The molecule has 0 spiro atoms. The molecule has 88 valence electrons. The third-order valence-electron chi connectivity index (χ3n) is 3.41. The summed E-state index contributed by atoms with van der Waals surface area (Å²) in [6.45, 7) is 12.1. The molecule has 0 heterocycles. The molecule has 0 radical (unpaired) electrons. The minimum atomic E-state index is 0.0165. The number of aryl methyl sites for hydroxylation is 1. The molecular formula is C14H21NO. The van der Waals surface area contributed by atoms with Crippen LogP contribution in [0.25, 0.3) is 0 Å². The van der Waals surface area contributed by atoms with Crippen LogP contribution in [0.5, 0.6) is 0 Å². The fourth-order valence-electron chi connectivity index (χ4n) is 2.08. The molecule has 0 aromatic heterocycles. The maximum absolute atomic E-state index is 11.1. The van der Waals surface area contributed by atoms with Crippen LogP contribution in [-0.4, -0.2) is 5.91 Å². The van der Waals surface area contributed by atoms with Gasteiger partial charge in [-0.15, -0.1) is 0 Å². The summed E-state index contributed by atoms with van der Waals surface area (Å²) in [6, 6.07) is 2.26. The third-order valence-corrected chi connectivity index (χ3v) is 3.41. The molecule has 0 unspecified atom stereocenters. The molecule has 0 bridgehead atoms. The number of rotatable bonds is 2. The van der Waals surface area contributed by atoms with Gasteiger partial charge in [-0.3, -0.25) is 4.79 Å². The van der Waals surface area contributed by atoms with Crippen LogP contribution in [0.15, 0.2) is 6.07 Å². The molecule has 1 rings (SSSR count). The second kappa shape index (κ2) is 4.69. The van der Waals surface area contributed by atoms with Gasteiger partial charge in [-0.25, -0.2) is 0 Å². The zero-order valence-corrected chi connectivity index (χ0v) is 11.1. The van der Waals surface area contributed by atoms with Gasteiger partial charge < -0.3 is 5.32 Å². The molecule has 1 aromatic carbocycles. The standard InChI is InChI=1S/C14H21NO/c1-8-7-14(12(5)15-13(6)16)11(4)10(3)9(8)2/h7,12H,1-6H3,(H,15,16)/t12-/m1/s1. The molecule has 2 heteroatoms. The lowest BCUT2D eigenvalue weighted by atomic mass is 9.91. The van der Waals surface area contributed by atoms with E-state index >= 15 is 0 Å².